The van der Waals surface area contributed by atoms with Crippen LogP contribution in [0.25, 0.3) is 11.3 Å². The first-order valence-corrected chi connectivity index (χ1v) is 18.3. The van der Waals surface area contributed by atoms with Gasteiger partial charge in [0.2, 0.25) is 0 Å². The first-order valence-electron chi connectivity index (χ1n) is 17.2. The Morgan fingerprint density at radius 1 is 1.00 bits per heavy atom. The molecule has 1 aliphatic carbocycles. The molecule has 0 unspecified atom stereocenters. The van der Waals surface area contributed by atoms with Crippen molar-refractivity contribution in [1.82, 2.24) is 19.1 Å². The van der Waals surface area contributed by atoms with E-state index in [1.807, 2.05) is 60.3 Å². The Balaban J connectivity index is 1.31. The molecule has 248 valence electrons. The van der Waals surface area contributed by atoms with Gasteiger partial charge in [-0.2, -0.15) is 0 Å². The molecule has 0 bridgehead atoms. The van der Waals surface area contributed by atoms with Gasteiger partial charge < -0.3 is 10.0 Å². The number of aliphatic hydroxyl groups excluding tert-OH is 1. The predicted octanol–water partition coefficient (Wildman–Crippen LogP) is 6.34. The number of carbonyl (C=O) groups is 1. The second-order valence-corrected chi connectivity index (χ2v) is 16.4. The summed E-state index contributed by atoms with van der Waals surface area (Å²) in [4.78, 5) is 23.5. The van der Waals surface area contributed by atoms with E-state index < -0.39 is 15.7 Å². The van der Waals surface area contributed by atoms with Crippen molar-refractivity contribution < 1.29 is 14.1 Å². The lowest BCUT2D eigenvalue weighted by Gasteiger charge is -2.34. The van der Waals surface area contributed by atoms with E-state index in [0.717, 1.165) is 54.0 Å². The van der Waals surface area contributed by atoms with Crippen LogP contribution in [0.5, 0.6) is 0 Å². The van der Waals surface area contributed by atoms with E-state index in [1.165, 1.54) is 31.2 Å². The van der Waals surface area contributed by atoms with Gasteiger partial charge in [-0.05, 0) is 75.3 Å². The van der Waals surface area contributed by atoms with Gasteiger partial charge in [-0.1, -0.05) is 67.1 Å². The molecule has 2 atom stereocenters. The molecule has 0 spiro atoms. The number of rotatable bonds is 8. The molecule has 1 saturated carbocycles. The highest BCUT2D eigenvalue weighted by atomic mass is 32.2. The van der Waals surface area contributed by atoms with Crippen LogP contribution in [0.15, 0.2) is 60.7 Å². The Hall–Kier alpha value is -3.35. The van der Waals surface area contributed by atoms with Crippen LogP contribution in [-0.4, -0.2) is 71.8 Å². The molecule has 2 fully saturated rings. The van der Waals surface area contributed by atoms with Gasteiger partial charge in [0.1, 0.15) is 16.7 Å². The highest BCUT2D eigenvalue weighted by Crippen LogP contribution is 2.44. The van der Waals surface area contributed by atoms with Crippen LogP contribution in [0.3, 0.4) is 0 Å². The topological polar surface area (TPSA) is 77.0 Å². The molecule has 7 nitrogen and oxygen atoms in total. The average Bonchev–Trinajstić information content (AvgIpc) is 3.72. The second kappa shape index (κ2) is 14.8. The summed E-state index contributed by atoms with van der Waals surface area (Å²) in [6.07, 6.45) is 6.51. The Labute approximate surface area is 283 Å². The van der Waals surface area contributed by atoms with Crippen LogP contribution < -0.4 is 0 Å². The average molecular weight is 653 g/mol. The Morgan fingerprint density at radius 2 is 1.74 bits per heavy atom. The summed E-state index contributed by atoms with van der Waals surface area (Å²) in [5.74, 6) is 7.43. The number of nitrogens with zero attached hydrogens (tertiary/aromatic N) is 4. The Bertz CT molecular complexity index is 1640. The SMILES string of the molecule is CC(C)(C)[S@@](=O)N1Cc2cc(C(=O)N3CCN(Cc4ccccc4)CC3)nc(-c3cccc(C#CCC4CCCC4)c3)c2[C@H]1CCO. The van der Waals surface area contributed by atoms with Crippen LogP contribution in [0.1, 0.15) is 98.1 Å². The van der Waals surface area contributed by atoms with Crippen LogP contribution in [0.2, 0.25) is 0 Å². The minimum Gasteiger partial charge on any atom is -0.396 e. The standard InChI is InChI=1S/C39H48N4O3S/c1-39(2,3)47(46)43-28-33-26-34(38(45)42-22-20-41(21-23-42)27-31-13-5-4-6-14-31)40-37(36(33)35(43)19-24-44)32-18-10-17-30(25-32)16-9-15-29-11-7-8-12-29/h4-6,10,13-14,17-18,25-26,29,35,44H,7-8,11-12,15,19-24,27-28H2,1-3H3/t35-,47-/m1/s1. The van der Waals surface area contributed by atoms with Crippen LogP contribution in [0.4, 0.5) is 0 Å². The molecule has 1 amide bonds. The van der Waals surface area contributed by atoms with Gasteiger partial charge in [0.25, 0.3) is 5.91 Å². The molecule has 2 aliphatic heterocycles. The highest BCUT2D eigenvalue weighted by Gasteiger charge is 2.41. The van der Waals surface area contributed by atoms with E-state index in [-0.39, 0.29) is 18.6 Å². The predicted molar refractivity (Wildman–Crippen MR) is 189 cm³/mol. The summed E-state index contributed by atoms with van der Waals surface area (Å²) < 4.78 is 15.3. The molecule has 8 heteroatoms. The molecule has 6 rings (SSSR count). The molecular weight excluding hydrogens is 605 g/mol. The number of aromatic nitrogens is 1. The molecule has 3 heterocycles. The molecule has 0 radical (unpaired) electrons. The van der Waals surface area contributed by atoms with E-state index in [4.69, 9.17) is 4.98 Å². The third kappa shape index (κ3) is 7.87. The fourth-order valence-electron chi connectivity index (χ4n) is 7.17. The van der Waals surface area contributed by atoms with Crippen molar-refractivity contribution in [2.24, 2.45) is 5.92 Å². The van der Waals surface area contributed by atoms with E-state index in [1.54, 1.807) is 0 Å². The quantitative estimate of drug-likeness (QED) is 0.288. The smallest absolute Gasteiger partial charge is 0.272 e. The van der Waals surface area contributed by atoms with Gasteiger partial charge in [0.05, 0.1) is 16.5 Å². The summed E-state index contributed by atoms with van der Waals surface area (Å²) in [7, 11) is -1.32. The van der Waals surface area contributed by atoms with E-state index in [0.29, 0.717) is 37.7 Å². The number of amides is 1. The fraction of sp³-hybridized carbons (Fsp3) is 0.487. The van der Waals surface area contributed by atoms with E-state index in [9.17, 15) is 14.1 Å². The van der Waals surface area contributed by atoms with Crippen molar-refractivity contribution in [3.63, 3.8) is 0 Å². The Morgan fingerprint density at radius 3 is 2.45 bits per heavy atom. The zero-order valence-corrected chi connectivity index (χ0v) is 28.9. The van der Waals surface area contributed by atoms with Gasteiger partial charge in [-0.25, -0.2) is 13.5 Å². The van der Waals surface area contributed by atoms with Crippen LogP contribution in [0, 0.1) is 17.8 Å². The largest absolute Gasteiger partial charge is 0.396 e. The first-order chi connectivity index (χ1) is 22.7. The van der Waals surface area contributed by atoms with Crippen LogP contribution >= 0.6 is 0 Å². The maximum Gasteiger partial charge on any atom is 0.272 e. The highest BCUT2D eigenvalue weighted by molar-refractivity contribution is 7.84. The maximum absolute atomic E-state index is 14.1. The molecule has 1 N–H and O–H groups in total. The minimum absolute atomic E-state index is 0.0397. The summed E-state index contributed by atoms with van der Waals surface area (Å²) in [6.45, 7) is 10.1. The van der Waals surface area contributed by atoms with Crippen molar-refractivity contribution in [2.75, 3.05) is 32.8 Å². The molecule has 3 aromatic rings. The normalized spacial score (nSPS) is 19.7. The van der Waals surface area contributed by atoms with Crippen molar-refractivity contribution >= 4 is 16.9 Å². The van der Waals surface area contributed by atoms with Gasteiger partial charge in [0.15, 0.2) is 0 Å². The molecule has 1 aromatic heterocycles. The Kier molecular flexibility index (Phi) is 10.6. The number of carbonyl (C=O) groups excluding carboxylic acids is 1. The first kappa shape index (κ1) is 33.5. The number of pyridine rings is 1. The van der Waals surface area contributed by atoms with Crippen molar-refractivity contribution in [3.8, 4) is 23.1 Å². The lowest BCUT2D eigenvalue weighted by Crippen LogP contribution is -2.48. The van der Waals surface area contributed by atoms with Crippen molar-refractivity contribution in [1.29, 1.82) is 0 Å². The van der Waals surface area contributed by atoms with Crippen molar-refractivity contribution in [3.05, 3.63) is 88.6 Å². The third-order valence-corrected chi connectivity index (χ3v) is 11.5. The zero-order valence-electron chi connectivity index (χ0n) is 28.1. The van der Waals surface area contributed by atoms with Gasteiger partial charge in [-0.15, -0.1) is 0 Å². The lowest BCUT2D eigenvalue weighted by atomic mass is 9.95. The summed E-state index contributed by atoms with van der Waals surface area (Å²) >= 11 is 0. The number of piperazine rings is 1. The monoisotopic (exact) mass is 652 g/mol. The summed E-state index contributed by atoms with van der Waals surface area (Å²) in [6, 6.07) is 20.2. The summed E-state index contributed by atoms with van der Waals surface area (Å²) in [5.41, 5.74) is 6.14. The molecule has 1 saturated heterocycles. The lowest BCUT2D eigenvalue weighted by molar-refractivity contribution is 0.0622. The van der Waals surface area contributed by atoms with Gasteiger partial charge >= 0.3 is 0 Å². The van der Waals surface area contributed by atoms with Crippen molar-refractivity contribution in [2.45, 2.75) is 83.2 Å². The molecular formula is C39H48N4O3S. The van der Waals surface area contributed by atoms with E-state index >= 15 is 0 Å². The number of hydrogen-bond donors (Lipinski definition) is 1. The number of aliphatic hydroxyl groups is 1. The van der Waals surface area contributed by atoms with Crippen LogP contribution in [-0.2, 0) is 24.1 Å². The van der Waals surface area contributed by atoms with Gasteiger partial charge in [0, 0.05) is 69.0 Å². The third-order valence-electron chi connectivity index (χ3n) is 9.65. The molecule has 47 heavy (non-hydrogen) atoms. The zero-order chi connectivity index (χ0) is 33.0. The van der Waals surface area contributed by atoms with Gasteiger partial charge in [-0.3, -0.25) is 9.69 Å². The number of fused-ring (bicyclic) bond motifs is 1. The minimum atomic E-state index is -1.32. The summed E-state index contributed by atoms with van der Waals surface area (Å²) in [5, 5.41) is 10.1. The fourth-order valence-corrected chi connectivity index (χ4v) is 8.57. The molecule has 2 aromatic carbocycles. The molecule has 3 aliphatic rings. The maximum atomic E-state index is 14.1. The number of hydrogen-bond acceptors (Lipinski definition) is 5. The van der Waals surface area contributed by atoms with E-state index in [2.05, 4.69) is 47.1 Å². The number of benzene rings is 2. The second-order valence-electron chi connectivity index (χ2n) is 14.2.